The lowest BCUT2D eigenvalue weighted by Gasteiger charge is -2.55. The Morgan fingerprint density at radius 3 is 2.29 bits per heavy atom. The molecule has 0 unspecified atom stereocenters. The molecule has 3 saturated heterocycles. The molecule has 5 aromatic rings. The molecular formula is C47H51N7O5. The molecule has 304 valence electrons. The highest BCUT2D eigenvalue weighted by Crippen LogP contribution is 2.35. The number of para-hydroxylation sites is 1. The maximum Gasteiger partial charge on any atom is 0.253 e. The van der Waals surface area contributed by atoms with Gasteiger partial charge in [0, 0.05) is 81.9 Å². The number of hydrazine groups is 1. The van der Waals surface area contributed by atoms with Gasteiger partial charge in [-0.15, -0.1) is 6.58 Å². The minimum Gasteiger partial charge on any atom is -0.508 e. The number of nitrogens with zero attached hydrogens (tertiary/aromatic N) is 7. The van der Waals surface area contributed by atoms with Crippen LogP contribution in [0.3, 0.4) is 0 Å². The molecule has 4 aromatic carbocycles. The van der Waals surface area contributed by atoms with E-state index in [1.54, 1.807) is 50.2 Å². The third-order valence-electron chi connectivity index (χ3n) is 11.9. The highest BCUT2D eigenvalue weighted by molar-refractivity contribution is 6.00. The molecule has 1 aromatic heterocycles. The Kier molecular flexibility index (Phi) is 11.4. The number of aromatic nitrogens is 1. The van der Waals surface area contributed by atoms with Crippen LogP contribution >= 0.6 is 0 Å². The van der Waals surface area contributed by atoms with Gasteiger partial charge in [0.2, 0.25) is 17.7 Å². The smallest absolute Gasteiger partial charge is 0.253 e. The molecule has 3 fully saturated rings. The Bertz CT molecular complexity index is 2350. The van der Waals surface area contributed by atoms with Crippen LogP contribution in [0.25, 0.3) is 22.0 Å². The summed E-state index contributed by atoms with van der Waals surface area (Å²) in [5, 5.41) is 14.5. The molecule has 3 aliphatic rings. The molecule has 59 heavy (non-hydrogen) atoms. The van der Waals surface area contributed by atoms with E-state index in [1.165, 1.54) is 0 Å². The van der Waals surface area contributed by atoms with E-state index >= 15 is 0 Å². The van der Waals surface area contributed by atoms with Gasteiger partial charge in [0.25, 0.3) is 5.91 Å². The van der Waals surface area contributed by atoms with Gasteiger partial charge < -0.3 is 29.3 Å². The summed E-state index contributed by atoms with van der Waals surface area (Å²) in [6.45, 7) is 7.67. The molecular weight excluding hydrogens is 743 g/mol. The predicted molar refractivity (Wildman–Crippen MR) is 227 cm³/mol. The van der Waals surface area contributed by atoms with Gasteiger partial charge in [-0.3, -0.25) is 19.2 Å². The molecule has 4 amide bonds. The molecule has 0 bridgehead atoms. The SMILES string of the molecule is C=CCN1CC(=O)N2[C@@H](Cc3ccc(O)cc3)C(=O)N(Cc3cccc4c(-c5ccc(C(=O)N6CCN(C)CC6)cc5)cn(C)c34)C[C@@H]2N1C(=O)CCc1ccccc1. The Labute approximate surface area is 345 Å². The molecule has 3 aliphatic heterocycles. The number of hydrogen-bond acceptors (Lipinski definition) is 7. The maximum atomic E-state index is 14.8. The fourth-order valence-electron chi connectivity index (χ4n) is 8.87. The van der Waals surface area contributed by atoms with E-state index in [0.29, 0.717) is 31.6 Å². The van der Waals surface area contributed by atoms with Gasteiger partial charge >= 0.3 is 0 Å². The Balaban J connectivity index is 1.11. The lowest BCUT2D eigenvalue weighted by atomic mass is 9.97. The second-order valence-electron chi connectivity index (χ2n) is 15.9. The van der Waals surface area contributed by atoms with Crippen molar-refractivity contribution in [1.82, 2.24) is 34.2 Å². The largest absolute Gasteiger partial charge is 0.508 e. The van der Waals surface area contributed by atoms with Gasteiger partial charge in [-0.25, -0.2) is 10.0 Å². The number of rotatable bonds is 11. The van der Waals surface area contributed by atoms with Crippen LogP contribution < -0.4 is 0 Å². The molecule has 12 heteroatoms. The summed E-state index contributed by atoms with van der Waals surface area (Å²) >= 11 is 0. The van der Waals surface area contributed by atoms with Gasteiger partial charge in [-0.05, 0) is 60.0 Å². The fraction of sp³-hybridized carbons (Fsp3) is 0.319. The number of phenols is 1. The first-order valence-electron chi connectivity index (χ1n) is 20.3. The first-order chi connectivity index (χ1) is 28.6. The summed E-state index contributed by atoms with van der Waals surface area (Å²) in [7, 11) is 4.07. The van der Waals surface area contributed by atoms with Crippen LogP contribution in [0.5, 0.6) is 5.75 Å². The van der Waals surface area contributed by atoms with Crippen LogP contribution in [0.2, 0.25) is 0 Å². The van der Waals surface area contributed by atoms with Crippen molar-refractivity contribution in [2.45, 2.75) is 38.0 Å². The van der Waals surface area contributed by atoms with E-state index < -0.39 is 12.2 Å². The maximum absolute atomic E-state index is 14.8. The van der Waals surface area contributed by atoms with E-state index in [0.717, 1.165) is 51.8 Å². The van der Waals surface area contributed by atoms with Crippen LogP contribution in [0.4, 0.5) is 0 Å². The van der Waals surface area contributed by atoms with Crippen molar-refractivity contribution in [2.24, 2.45) is 7.05 Å². The first-order valence-corrected chi connectivity index (χ1v) is 20.3. The molecule has 0 spiro atoms. The van der Waals surface area contributed by atoms with Gasteiger partial charge in [0.1, 0.15) is 18.0 Å². The van der Waals surface area contributed by atoms with Crippen LogP contribution in [0, 0.1) is 0 Å². The second kappa shape index (κ2) is 16.9. The number of likely N-dealkylation sites (N-methyl/N-ethyl adjacent to an activating group) is 1. The molecule has 1 N–H and O–H groups in total. The molecule has 2 atom stereocenters. The topological polar surface area (TPSA) is 113 Å². The lowest BCUT2D eigenvalue weighted by Crippen LogP contribution is -2.75. The number of fused-ring (bicyclic) bond motifs is 2. The second-order valence-corrected chi connectivity index (χ2v) is 15.9. The molecule has 8 rings (SSSR count). The third kappa shape index (κ3) is 8.10. The Morgan fingerprint density at radius 1 is 0.847 bits per heavy atom. The molecule has 12 nitrogen and oxygen atoms in total. The summed E-state index contributed by atoms with van der Waals surface area (Å²) in [5.74, 6) is -0.421. The number of aromatic hydroxyl groups is 1. The summed E-state index contributed by atoms with van der Waals surface area (Å²) in [6, 6.07) is 29.5. The number of carbonyl (C=O) groups excluding carboxylic acids is 4. The molecule has 0 aliphatic carbocycles. The van der Waals surface area contributed by atoms with Crippen molar-refractivity contribution in [3.8, 4) is 16.9 Å². The Hall–Kier alpha value is -6.24. The molecule has 0 radical (unpaired) electrons. The molecule has 4 heterocycles. The van der Waals surface area contributed by atoms with Gasteiger partial charge in [-0.1, -0.05) is 78.9 Å². The van der Waals surface area contributed by atoms with Crippen LogP contribution in [-0.4, -0.2) is 128 Å². The summed E-state index contributed by atoms with van der Waals surface area (Å²) in [5.41, 5.74) is 6.38. The van der Waals surface area contributed by atoms with Crippen molar-refractivity contribution >= 4 is 34.5 Å². The minimum absolute atomic E-state index is 0.0436. The van der Waals surface area contributed by atoms with E-state index in [2.05, 4.69) is 35.4 Å². The number of hydrogen-bond donors (Lipinski definition) is 1. The number of benzene rings is 4. The van der Waals surface area contributed by atoms with E-state index in [9.17, 15) is 24.3 Å². The lowest BCUT2D eigenvalue weighted by molar-refractivity contribution is -0.205. The van der Waals surface area contributed by atoms with Crippen LogP contribution in [-0.2, 0) is 40.8 Å². The van der Waals surface area contributed by atoms with Crippen molar-refractivity contribution in [3.05, 3.63) is 138 Å². The minimum atomic E-state index is -0.878. The zero-order valence-electron chi connectivity index (χ0n) is 33.7. The highest BCUT2D eigenvalue weighted by atomic mass is 16.3. The molecule has 0 saturated carbocycles. The van der Waals surface area contributed by atoms with Crippen molar-refractivity contribution in [3.63, 3.8) is 0 Å². The standard InChI is InChI=1S/C47H51N7O5/c1-4-23-52-32-44(57)53-41(28-34-13-20-38(55)21-14-34)47(59)51(31-42(53)54(52)43(56)22-15-33-9-6-5-7-10-33)29-37-11-8-12-39-40(30-49(3)45(37)39)35-16-18-36(19-17-35)46(58)50-26-24-48(2)25-27-50/h4-14,16-21,30,41-42,55H,1,15,22-29,31-32H2,2-3H3/t41-,42-/m0/s1. The van der Waals surface area contributed by atoms with Gasteiger partial charge in [-0.2, -0.15) is 0 Å². The number of aryl methyl sites for hydroxylation is 2. The normalized spacial score (nSPS) is 19.0. The van der Waals surface area contributed by atoms with E-state index in [1.807, 2.05) is 78.7 Å². The van der Waals surface area contributed by atoms with Crippen molar-refractivity contribution in [2.75, 3.05) is 52.9 Å². The highest BCUT2D eigenvalue weighted by Gasteiger charge is 2.51. The zero-order valence-corrected chi connectivity index (χ0v) is 33.7. The average molecular weight is 794 g/mol. The summed E-state index contributed by atoms with van der Waals surface area (Å²) < 4.78 is 2.08. The monoisotopic (exact) mass is 793 g/mol. The third-order valence-corrected chi connectivity index (χ3v) is 11.9. The van der Waals surface area contributed by atoms with Crippen molar-refractivity contribution < 1.29 is 24.3 Å². The predicted octanol–water partition coefficient (Wildman–Crippen LogP) is 4.92. The Morgan fingerprint density at radius 2 is 1.58 bits per heavy atom. The van der Waals surface area contributed by atoms with Crippen LogP contribution in [0.15, 0.2) is 116 Å². The summed E-state index contributed by atoms with van der Waals surface area (Å²) in [6.07, 6.45) is 4.01. The number of piperazine rings is 2. The zero-order chi connectivity index (χ0) is 41.2. The number of phenolic OH excluding ortho intramolecular Hbond substituents is 1. The van der Waals surface area contributed by atoms with Crippen molar-refractivity contribution in [1.29, 1.82) is 0 Å². The van der Waals surface area contributed by atoms with Gasteiger partial charge in [0.05, 0.1) is 18.6 Å². The van der Waals surface area contributed by atoms with Gasteiger partial charge in [0.15, 0.2) is 0 Å². The van der Waals surface area contributed by atoms with E-state index in [-0.39, 0.29) is 61.9 Å². The van der Waals surface area contributed by atoms with E-state index in [4.69, 9.17) is 0 Å². The number of carbonyl (C=O) groups is 4. The first kappa shape index (κ1) is 39.6. The number of amides is 4. The fourth-order valence-corrected chi connectivity index (χ4v) is 8.87. The quantitative estimate of drug-likeness (QED) is 0.189. The average Bonchev–Trinajstić information content (AvgIpc) is 3.59. The summed E-state index contributed by atoms with van der Waals surface area (Å²) in [4.78, 5) is 64.0. The van der Waals surface area contributed by atoms with Crippen LogP contribution in [0.1, 0.15) is 33.5 Å².